The molecule has 188 valence electrons. The first-order valence-electron chi connectivity index (χ1n) is 12.4. The molecule has 3 aromatic rings. The lowest BCUT2D eigenvalue weighted by Gasteiger charge is -2.41. The normalized spacial score (nSPS) is 18.2. The van der Waals surface area contributed by atoms with Gasteiger partial charge in [-0.3, -0.25) is 9.36 Å². The lowest BCUT2D eigenvalue weighted by molar-refractivity contribution is 0.0957. The van der Waals surface area contributed by atoms with Crippen molar-refractivity contribution in [1.82, 2.24) is 29.7 Å². The highest BCUT2D eigenvalue weighted by molar-refractivity contribution is 7.12. The molecule has 1 aromatic carbocycles. The van der Waals surface area contributed by atoms with Crippen LogP contribution in [0, 0.1) is 5.41 Å². The lowest BCUT2D eigenvalue weighted by Crippen LogP contribution is -2.42. The van der Waals surface area contributed by atoms with Crippen molar-refractivity contribution < 1.29 is 4.79 Å². The van der Waals surface area contributed by atoms with E-state index in [0.717, 1.165) is 61.4 Å². The summed E-state index contributed by atoms with van der Waals surface area (Å²) in [5, 5.41) is 8.73. The van der Waals surface area contributed by atoms with Crippen LogP contribution in [0.1, 0.15) is 36.7 Å². The molecule has 0 atom stereocenters. The largest absolute Gasteiger partial charge is 0.370 e. The molecular weight excluding hydrogens is 472 g/mol. The van der Waals surface area contributed by atoms with Crippen molar-refractivity contribution >= 4 is 28.3 Å². The van der Waals surface area contributed by atoms with Crippen molar-refractivity contribution in [2.24, 2.45) is 12.5 Å². The summed E-state index contributed by atoms with van der Waals surface area (Å²) in [6.07, 6.45) is 9.14. The van der Waals surface area contributed by atoms with Gasteiger partial charge in [-0.05, 0) is 56.4 Å². The van der Waals surface area contributed by atoms with Crippen molar-refractivity contribution in [2.75, 3.05) is 26.2 Å². The standard InChI is InChI=1S/C27H32N6O2S/c1-4-8-21(32-15-12-27(13-16-32)11-14-28-18-27)19(5-2)29-24(34)20-17-36-25(30-20)33-23-10-7-6-9-22(23)31(3)26(33)35/h4-10,17,28H,1,11-16,18H2,2-3H3,(H,29,34)/b19-5+,21-8+. The van der Waals surface area contributed by atoms with Crippen LogP contribution in [0.15, 0.2) is 70.6 Å². The number of carbonyl (C=O) groups excluding carboxylic acids is 1. The van der Waals surface area contributed by atoms with Gasteiger partial charge >= 0.3 is 5.69 Å². The molecule has 1 spiro atoms. The van der Waals surface area contributed by atoms with Crippen LogP contribution in [-0.2, 0) is 7.05 Å². The van der Waals surface area contributed by atoms with Crippen LogP contribution in [0.3, 0.4) is 0 Å². The third kappa shape index (κ3) is 4.33. The zero-order valence-corrected chi connectivity index (χ0v) is 21.6. The first kappa shape index (κ1) is 24.3. The summed E-state index contributed by atoms with van der Waals surface area (Å²) in [4.78, 5) is 33.0. The fourth-order valence-electron chi connectivity index (χ4n) is 5.34. The van der Waals surface area contributed by atoms with Gasteiger partial charge in [0.2, 0.25) is 0 Å². The second-order valence-corrected chi connectivity index (χ2v) is 10.4. The van der Waals surface area contributed by atoms with E-state index >= 15 is 0 Å². The van der Waals surface area contributed by atoms with E-state index in [2.05, 4.69) is 27.1 Å². The molecule has 36 heavy (non-hydrogen) atoms. The number of para-hydroxylation sites is 2. The smallest absolute Gasteiger partial charge is 0.335 e. The highest BCUT2D eigenvalue weighted by atomic mass is 32.1. The Bertz CT molecular complexity index is 1410. The van der Waals surface area contributed by atoms with Crippen molar-refractivity contribution in [3.05, 3.63) is 82.0 Å². The van der Waals surface area contributed by atoms with E-state index in [9.17, 15) is 9.59 Å². The highest BCUT2D eigenvalue weighted by Crippen LogP contribution is 2.38. The second-order valence-electron chi connectivity index (χ2n) is 9.54. The molecule has 0 aliphatic carbocycles. The molecule has 2 N–H and O–H groups in total. The minimum Gasteiger partial charge on any atom is -0.370 e. The predicted molar refractivity (Wildman–Crippen MR) is 144 cm³/mol. The number of likely N-dealkylation sites (tertiary alicyclic amines) is 1. The Morgan fingerprint density at radius 3 is 2.64 bits per heavy atom. The number of benzene rings is 1. The molecule has 0 saturated carbocycles. The number of aromatic nitrogens is 3. The zero-order chi connectivity index (χ0) is 25.3. The molecule has 2 aliphatic heterocycles. The van der Waals surface area contributed by atoms with Crippen LogP contribution in [-0.4, -0.2) is 51.1 Å². The van der Waals surface area contributed by atoms with Crippen LogP contribution in [0.25, 0.3) is 16.2 Å². The zero-order valence-electron chi connectivity index (χ0n) is 20.8. The van der Waals surface area contributed by atoms with Gasteiger partial charge in [0.1, 0.15) is 5.69 Å². The monoisotopic (exact) mass is 504 g/mol. The summed E-state index contributed by atoms with van der Waals surface area (Å²) < 4.78 is 3.14. The Morgan fingerprint density at radius 1 is 1.22 bits per heavy atom. The first-order valence-corrected chi connectivity index (χ1v) is 13.2. The van der Waals surface area contributed by atoms with Gasteiger partial charge in [-0.2, -0.15) is 0 Å². The molecule has 1 amide bonds. The van der Waals surface area contributed by atoms with Gasteiger partial charge in [0.15, 0.2) is 5.13 Å². The van der Waals surface area contributed by atoms with Crippen molar-refractivity contribution in [3.63, 3.8) is 0 Å². The third-order valence-corrected chi connectivity index (χ3v) is 8.29. The number of allylic oxidation sites excluding steroid dienone is 3. The fraction of sp³-hybridized carbons (Fsp3) is 0.370. The maximum atomic E-state index is 13.2. The topological polar surface area (TPSA) is 84.2 Å². The number of fused-ring (bicyclic) bond motifs is 1. The quantitative estimate of drug-likeness (QED) is 0.502. The fourth-order valence-corrected chi connectivity index (χ4v) is 6.15. The molecule has 2 aromatic heterocycles. The van der Waals surface area contributed by atoms with Gasteiger partial charge in [0, 0.05) is 32.1 Å². The molecule has 4 heterocycles. The SMILES string of the molecule is C=C/C=C(\C(=C/C)NC(=O)c1csc(-n2c(=O)n(C)c3ccccc32)n1)N1CCC2(CCNC2)CC1. The summed E-state index contributed by atoms with van der Waals surface area (Å²) in [6.45, 7) is 9.90. The molecule has 0 unspecified atom stereocenters. The van der Waals surface area contributed by atoms with Crippen molar-refractivity contribution in [2.45, 2.75) is 26.2 Å². The van der Waals surface area contributed by atoms with Crippen molar-refractivity contribution in [1.29, 1.82) is 0 Å². The average Bonchev–Trinajstić information content (AvgIpc) is 3.62. The molecule has 8 nitrogen and oxygen atoms in total. The molecule has 5 rings (SSSR count). The maximum absolute atomic E-state index is 13.2. The van der Waals surface area contributed by atoms with E-state index in [0.29, 0.717) is 10.5 Å². The van der Waals surface area contributed by atoms with Gasteiger partial charge in [0.05, 0.1) is 22.4 Å². The third-order valence-electron chi connectivity index (χ3n) is 7.46. The van der Waals surface area contributed by atoms with Crippen LogP contribution in [0.2, 0.25) is 0 Å². The molecule has 2 saturated heterocycles. The summed E-state index contributed by atoms with van der Waals surface area (Å²) in [6, 6.07) is 7.56. The number of aryl methyl sites for hydroxylation is 1. The van der Waals surface area contributed by atoms with Crippen molar-refractivity contribution in [3.8, 4) is 5.13 Å². The minimum atomic E-state index is -0.303. The average molecular weight is 505 g/mol. The van der Waals surface area contributed by atoms with Crippen LogP contribution >= 0.6 is 11.3 Å². The molecule has 2 aliphatic rings. The van der Waals surface area contributed by atoms with Gasteiger partial charge in [-0.25, -0.2) is 14.3 Å². The molecular formula is C27H32N6O2S. The number of thiazole rings is 1. The predicted octanol–water partition coefficient (Wildman–Crippen LogP) is 3.56. The number of imidazole rings is 1. The summed E-state index contributed by atoms with van der Waals surface area (Å²) in [5.74, 6) is -0.303. The number of nitrogens with one attached hydrogen (secondary N) is 2. The summed E-state index contributed by atoms with van der Waals surface area (Å²) >= 11 is 1.28. The van der Waals surface area contributed by atoms with Crippen LogP contribution in [0.5, 0.6) is 0 Å². The number of hydrogen-bond donors (Lipinski definition) is 2. The molecule has 0 bridgehead atoms. The summed E-state index contributed by atoms with van der Waals surface area (Å²) in [7, 11) is 1.74. The molecule has 0 radical (unpaired) electrons. The van der Waals surface area contributed by atoms with Crippen LogP contribution < -0.4 is 16.3 Å². The van der Waals surface area contributed by atoms with E-state index in [-0.39, 0.29) is 17.3 Å². The van der Waals surface area contributed by atoms with E-state index in [4.69, 9.17) is 0 Å². The van der Waals surface area contributed by atoms with Gasteiger partial charge < -0.3 is 15.5 Å². The van der Waals surface area contributed by atoms with Gasteiger partial charge in [-0.15, -0.1) is 11.3 Å². The minimum absolute atomic E-state index is 0.191. The Hall–Kier alpha value is -3.43. The van der Waals surface area contributed by atoms with Gasteiger partial charge in [-0.1, -0.05) is 30.9 Å². The molecule has 9 heteroatoms. The van der Waals surface area contributed by atoms with Crippen LogP contribution in [0.4, 0.5) is 0 Å². The van der Waals surface area contributed by atoms with E-state index in [1.54, 1.807) is 27.6 Å². The number of carbonyl (C=O) groups is 1. The highest BCUT2D eigenvalue weighted by Gasteiger charge is 2.37. The second kappa shape index (κ2) is 9.91. The first-order chi connectivity index (χ1) is 17.5. The summed E-state index contributed by atoms with van der Waals surface area (Å²) in [5.41, 5.74) is 3.77. The number of amides is 1. The Balaban J connectivity index is 1.35. The van der Waals surface area contributed by atoms with E-state index in [1.807, 2.05) is 43.3 Å². The van der Waals surface area contributed by atoms with Gasteiger partial charge in [0.25, 0.3) is 5.91 Å². The number of piperidine rings is 1. The number of rotatable bonds is 6. The Morgan fingerprint density at radius 2 is 1.97 bits per heavy atom. The number of hydrogen-bond acceptors (Lipinski definition) is 6. The Labute approximate surface area is 214 Å². The number of nitrogens with zero attached hydrogens (tertiary/aromatic N) is 4. The van der Waals surface area contributed by atoms with E-state index < -0.39 is 0 Å². The maximum Gasteiger partial charge on any atom is 0.335 e. The molecule has 2 fully saturated rings. The lowest BCUT2D eigenvalue weighted by atomic mass is 9.77. The van der Waals surface area contributed by atoms with E-state index in [1.165, 1.54) is 17.8 Å². The Kier molecular flexibility index (Phi) is 6.68.